The summed E-state index contributed by atoms with van der Waals surface area (Å²) in [4.78, 5) is 0. The lowest BCUT2D eigenvalue weighted by Gasteiger charge is -2.14. The van der Waals surface area contributed by atoms with E-state index in [1.54, 1.807) is 0 Å². The van der Waals surface area contributed by atoms with Crippen molar-refractivity contribution in [3.8, 4) is 0 Å². The van der Waals surface area contributed by atoms with Crippen molar-refractivity contribution >= 4 is 0 Å². The van der Waals surface area contributed by atoms with Gasteiger partial charge in [0, 0.05) is 0 Å². The minimum atomic E-state index is 1.09. The fraction of sp³-hybridized carbons (Fsp3) is 0.333. The second-order valence-electron chi connectivity index (χ2n) is 4.30. The van der Waals surface area contributed by atoms with Crippen LogP contribution in [0.5, 0.6) is 0 Å². The van der Waals surface area contributed by atoms with E-state index < -0.39 is 0 Å². The van der Waals surface area contributed by atoms with Gasteiger partial charge in [0.2, 0.25) is 0 Å². The molecule has 0 bridgehead atoms. The van der Waals surface area contributed by atoms with Crippen molar-refractivity contribution in [2.75, 3.05) is 0 Å². The van der Waals surface area contributed by atoms with Gasteiger partial charge in [-0.25, -0.2) is 0 Å². The molecule has 15 heavy (non-hydrogen) atoms. The third-order valence-electron chi connectivity index (χ3n) is 3.16. The van der Waals surface area contributed by atoms with Crippen molar-refractivity contribution in [3.05, 3.63) is 58.7 Å². The molecule has 1 aliphatic carbocycles. The molecule has 0 spiro atoms. The van der Waals surface area contributed by atoms with Gasteiger partial charge < -0.3 is 0 Å². The van der Waals surface area contributed by atoms with E-state index in [1.165, 1.54) is 35.1 Å². The molecule has 2 rings (SSSR count). The Bertz CT molecular complexity index is 408. The average Bonchev–Trinajstić information content (AvgIpc) is 2.24. The lowest BCUT2D eigenvalue weighted by molar-refractivity contribution is 0.960. The molecule has 0 unspecified atom stereocenters. The SMILES string of the molecule is CC1=CCCC=C1Cc1ccccc1C. The van der Waals surface area contributed by atoms with Crippen LogP contribution in [0.3, 0.4) is 0 Å². The second kappa shape index (κ2) is 4.48. The average molecular weight is 198 g/mol. The van der Waals surface area contributed by atoms with Gasteiger partial charge in [-0.3, -0.25) is 0 Å². The van der Waals surface area contributed by atoms with Crippen LogP contribution in [0.25, 0.3) is 0 Å². The summed E-state index contributed by atoms with van der Waals surface area (Å²) < 4.78 is 0. The van der Waals surface area contributed by atoms with Crippen LogP contribution >= 0.6 is 0 Å². The topological polar surface area (TPSA) is 0 Å². The van der Waals surface area contributed by atoms with Gasteiger partial charge in [0.25, 0.3) is 0 Å². The minimum Gasteiger partial charge on any atom is -0.0810 e. The summed E-state index contributed by atoms with van der Waals surface area (Å²) in [5.41, 5.74) is 5.83. The molecule has 1 aromatic carbocycles. The molecule has 0 atom stereocenters. The molecule has 0 radical (unpaired) electrons. The molecule has 0 aromatic heterocycles. The number of hydrogen-bond acceptors (Lipinski definition) is 0. The van der Waals surface area contributed by atoms with E-state index in [0.29, 0.717) is 0 Å². The highest BCUT2D eigenvalue weighted by Crippen LogP contribution is 2.23. The van der Waals surface area contributed by atoms with Gasteiger partial charge in [0.15, 0.2) is 0 Å². The normalized spacial score (nSPS) is 15.9. The van der Waals surface area contributed by atoms with Gasteiger partial charge in [-0.1, -0.05) is 42.0 Å². The van der Waals surface area contributed by atoms with E-state index in [2.05, 4.69) is 50.3 Å². The highest BCUT2D eigenvalue weighted by molar-refractivity contribution is 5.39. The quantitative estimate of drug-likeness (QED) is 0.668. The predicted molar refractivity (Wildman–Crippen MR) is 66.0 cm³/mol. The van der Waals surface area contributed by atoms with Gasteiger partial charge in [-0.05, 0) is 49.8 Å². The Morgan fingerprint density at radius 2 is 1.73 bits per heavy atom. The van der Waals surface area contributed by atoms with Crippen LogP contribution in [0.1, 0.15) is 30.9 Å². The monoisotopic (exact) mass is 198 g/mol. The summed E-state index contributed by atoms with van der Waals surface area (Å²) in [6.07, 6.45) is 8.26. The Kier molecular flexibility index (Phi) is 3.05. The lowest BCUT2D eigenvalue weighted by atomic mass is 9.92. The van der Waals surface area contributed by atoms with Crippen LogP contribution in [0.4, 0.5) is 0 Å². The molecule has 0 fully saturated rings. The summed E-state index contributed by atoms with van der Waals surface area (Å²) in [6.45, 7) is 4.42. The molecular formula is C15H18. The molecule has 0 amide bonds. The van der Waals surface area contributed by atoms with E-state index >= 15 is 0 Å². The maximum Gasteiger partial charge on any atom is -0.00238 e. The summed E-state index contributed by atoms with van der Waals surface area (Å²) in [5.74, 6) is 0. The molecule has 78 valence electrons. The zero-order valence-corrected chi connectivity index (χ0v) is 9.59. The summed E-state index contributed by atoms with van der Waals surface area (Å²) in [7, 11) is 0. The molecule has 0 heteroatoms. The maximum atomic E-state index is 2.39. The zero-order valence-electron chi connectivity index (χ0n) is 9.59. The van der Waals surface area contributed by atoms with E-state index in [4.69, 9.17) is 0 Å². The molecule has 0 nitrogen and oxygen atoms in total. The fourth-order valence-corrected chi connectivity index (χ4v) is 2.07. The summed E-state index contributed by atoms with van der Waals surface area (Å²) in [5, 5.41) is 0. The van der Waals surface area contributed by atoms with Gasteiger partial charge in [0.1, 0.15) is 0 Å². The Hall–Kier alpha value is -1.30. The zero-order chi connectivity index (χ0) is 10.7. The predicted octanol–water partition coefficient (Wildman–Crippen LogP) is 4.20. The molecular weight excluding hydrogens is 180 g/mol. The minimum absolute atomic E-state index is 1.09. The highest BCUT2D eigenvalue weighted by Gasteiger charge is 2.06. The molecule has 0 aliphatic heterocycles. The van der Waals surface area contributed by atoms with Crippen molar-refractivity contribution in [1.82, 2.24) is 0 Å². The van der Waals surface area contributed by atoms with E-state index in [9.17, 15) is 0 Å². The van der Waals surface area contributed by atoms with Gasteiger partial charge in [-0.2, -0.15) is 0 Å². The number of hydrogen-bond donors (Lipinski definition) is 0. The Morgan fingerprint density at radius 1 is 1.00 bits per heavy atom. The molecule has 1 aromatic rings. The highest BCUT2D eigenvalue weighted by atomic mass is 14.1. The third-order valence-corrected chi connectivity index (χ3v) is 3.16. The van der Waals surface area contributed by atoms with Crippen molar-refractivity contribution in [2.24, 2.45) is 0 Å². The molecule has 0 N–H and O–H groups in total. The van der Waals surface area contributed by atoms with Gasteiger partial charge in [-0.15, -0.1) is 0 Å². The second-order valence-corrected chi connectivity index (χ2v) is 4.30. The Balaban J connectivity index is 2.19. The van der Waals surface area contributed by atoms with E-state index in [1.807, 2.05) is 0 Å². The first-order chi connectivity index (χ1) is 7.27. The number of aryl methyl sites for hydroxylation is 1. The molecule has 1 aliphatic rings. The van der Waals surface area contributed by atoms with E-state index in [-0.39, 0.29) is 0 Å². The van der Waals surface area contributed by atoms with Crippen molar-refractivity contribution in [3.63, 3.8) is 0 Å². The Labute approximate surface area is 92.3 Å². The number of benzene rings is 1. The van der Waals surface area contributed by atoms with Crippen molar-refractivity contribution < 1.29 is 0 Å². The Morgan fingerprint density at radius 3 is 2.47 bits per heavy atom. The fourth-order valence-electron chi connectivity index (χ4n) is 2.07. The van der Waals surface area contributed by atoms with Gasteiger partial charge in [0.05, 0.1) is 0 Å². The van der Waals surface area contributed by atoms with E-state index in [0.717, 1.165) is 6.42 Å². The van der Waals surface area contributed by atoms with Crippen LogP contribution in [0, 0.1) is 6.92 Å². The summed E-state index contributed by atoms with van der Waals surface area (Å²) >= 11 is 0. The van der Waals surface area contributed by atoms with Crippen molar-refractivity contribution in [2.45, 2.75) is 33.1 Å². The number of allylic oxidation sites excluding steroid dienone is 4. The largest absolute Gasteiger partial charge is 0.0810 e. The first-order valence-electron chi connectivity index (χ1n) is 5.68. The molecule has 0 heterocycles. The van der Waals surface area contributed by atoms with Crippen LogP contribution in [-0.2, 0) is 6.42 Å². The smallest absolute Gasteiger partial charge is 0.00238 e. The van der Waals surface area contributed by atoms with Crippen molar-refractivity contribution in [1.29, 1.82) is 0 Å². The van der Waals surface area contributed by atoms with Crippen LogP contribution in [-0.4, -0.2) is 0 Å². The standard InChI is InChI=1S/C15H18/c1-12-7-3-5-9-14(12)11-15-10-6-4-8-13(15)2/h3,5,7-10H,4,6,11H2,1-2H3. The maximum absolute atomic E-state index is 2.39. The van der Waals surface area contributed by atoms with Crippen LogP contribution < -0.4 is 0 Å². The first-order valence-corrected chi connectivity index (χ1v) is 5.68. The third kappa shape index (κ3) is 2.38. The first kappa shape index (κ1) is 10.2. The van der Waals surface area contributed by atoms with Crippen LogP contribution in [0.2, 0.25) is 0 Å². The molecule has 0 saturated carbocycles. The van der Waals surface area contributed by atoms with Crippen LogP contribution in [0.15, 0.2) is 47.6 Å². The summed E-state index contributed by atoms with van der Waals surface area (Å²) in [6, 6.07) is 8.66. The lowest BCUT2D eigenvalue weighted by Crippen LogP contribution is -1.98. The molecule has 0 saturated heterocycles. The van der Waals surface area contributed by atoms with Gasteiger partial charge >= 0.3 is 0 Å². The number of rotatable bonds is 2.